The van der Waals surface area contributed by atoms with E-state index in [1.807, 2.05) is 22.8 Å². The van der Waals surface area contributed by atoms with Gasteiger partial charge < -0.3 is 10.6 Å². The van der Waals surface area contributed by atoms with E-state index in [4.69, 9.17) is 0 Å². The number of thiophene rings is 1. The zero-order chi connectivity index (χ0) is 23.8. The number of pyridine rings is 1. The molecule has 0 bridgehead atoms. The number of nitrogens with zero attached hydrogens (tertiary/aromatic N) is 3. The Balaban J connectivity index is 1.72. The van der Waals surface area contributed by atoms with Crippen LogP contribution in [-0.4, -0.2) is 39.3 Å². The molecule has 4 aromatic rings. The molecule has 170 valence electrons. The van der Waals surface area contributed by atoms with Gasteiger partial charge in [-0.1, -0.05) is 18.2 Å². The zero-order valence-corrected chi connectivity index (χ0v) is 18.3. The molecule has 0 aliphatic carbocycles. The first kappa shape index (κ1) is 22.5. The first-order valence-electron chi connectivity index (χ1n) is 9.77. The van der Waals surface area contributed by atoms with Gasteiger partial charge in [-0.15, -0.1) is 11.3 Å². The second-order valence-electron chi connectivity index (χ2n) is 7.24. The van der Waals surface area contributed by atoms with Crippen LogP contribution < -0.4 is 10.6 Å². The van der Waals surface area contributed by atoms with Gasteiger partial charge in [0.15, 0.2) is 5.65 Å². The minimum atomic E-state index is -4.55. The Morgan fingerprint density at radius 2 is 1.85 bits per heavy atom. The number of benzene rings is 1. The van der Waals surface area contributed by atoms with E-state index in [0.717, 1.165) is 4.88 Å². The van der Waals surface area contributed by atoms with Crippen LogP contribution >= 0.6 is 11.3 Å². The van der Waals surface area contributed by atoms with Crippen molar-refractivity contribution in [1.82, 2.24) is 20.1 Å². The molecule has 0 saturated heterocycles. The number of amides is 2. The quantitative estimate of drug-likeness (QED) is 0.445. The fourth-order valence-corrected chi connectivity index (χ4v) is 4.12. The second kappa shape index (κ2) is 8.66. The van der Waals surface area contributed by atoms with Crippen LogP contribution in [0.5, 0.6) is 0 Å². The largest absolute Gasteiger partial charge is 0.405 e. The maximum atomic E-state index is 13.3. The predicted molar refractivity (Wildman–Crippen MR) is 119 cm³/mol. The average Bonchev–Trinajstić information content (AvgIpc) is 3.40. The predicted octanol–water partition coefficient (Wildman–Crippen LogP) is 4.55. The van der Waals surface area contributed by atoms with Crippen LogP contribution in [0.15, 0.2) is 47.8 Å². The maximum absolute atomic E-state index is 13.3. The zero-order valence-electron chi connectivity index (χ0n) is 17.5. The first-order chi connectivity index (χ1) is 15.6. The number of aryl methyl sites for hydroxylation is 2. The summed E-state index contributed by atoms with van der Waals surface area (Å²) in [6.45, 7) is 0.280. The summed E-state index contributed by atoms with van der Waals surface area (Å²) in [6, 6.07) is 11.3. The van der Waals surface area contributed by atoms with Gasteiger partial charge in [-0.25, -0.2) is 4.98 Å². The van der Waals surface area contributed by atoms with E-state index in [1.165, 1.54) is 29.5 Å². The number of anilines is 1. The summed E-state index contributed by atoms with van der Waals surface area (Å²) in [4.78, 5) is 31.1. The molecular formula is C22H18F3N5O2S. The molecule has 11 heteroatoms. The average molecular weight is 473 g/mol. The van der Waals surface area contributed by atoms with Gasteiger partial charge in [0, 0.05) is 7.05 Å². The third kappa shape index (κ3) is 4.72. The number of hydrogen-bond donors (Lipinski definition) is 2. The molecule has 33 heavy (non-hydrogen) atoms. The molecule has 0 radical (unpaired) electrons. The van der Waals surface area contributed by atoms with Crippen molar-refractivity contribution < 1.29 is 22.8 Å². The van der Waals surface area contributed by atoms with Gasteiger partial charge in [0.1, 0.15) is 6.54 Å². The molecule has 7 nitrogen and oxygen atoms in total. The van der Waals surface area contributed by atoms with Crippen molar-refractivity contribution in [1.29, 1.82) is 0 Å². The maximum Gasteiger partial charge on any atom is 0.405 e. The highest BCUT2D eigenvalue weighted by molar-refractivity contribution is 7.13. The molecule has 0 saturated carbocycles. The lowest BCUT2D eigenvalue weighted by Crippen LogP contribution is -2.34. The van der Waals surface area contributed by atoms with E-state index in [2.05, 4.69) is 15.4 Å². The molecule has 0 aliphatic heterocycles. The highest BCUT2D eigenvalue weighted by atomic mass is 32.1. The summed E-state index contributed by atoms with van der Waals surface area (Å²) in [7, 11) is 1.72. The molecule has 4 rings (SSSR count). The standard InChI is InChI=1S/C22H18F3N5O2S/c1-12-18-14(10-16(17-8-5-9-33-17)27-19(18)30(2)29-12)21(32)28-15-7-4-3-6-13(15)20(31)26-11-22(23,24)25/h3-10H,11H2,1-2H3,(H,26,31)(H,28,32). The number of nitrogens with one attached hydrogen (secondary N) is 2. The van der Waals surface area contributed by atoms with Gasteiger partial charge in [-0.3, -0.25) is 14.3 Å². The van der Waals surface area contributed by atoms with E-state index in [0.29, 0.717) is 28.0 Å². The fraction of sp³-hybridized carbons (Fsp3) is 0.182. The highest BCUT2D eigenvalue weighted by Crippen LogP contribution is 2.30. The Labute approximate surface area is 190 Å². The molecule has 0 atom stereocenters. The third-order valence-corrected chi connectivity index (χ3v) is 5.75. The molecule has 0 fully saturated rings. The molecule has 2 N–H and O–H groups in total. The van der Waals surface area contributed by atoms with E-state index < -0.39 is 24.5 Å². The molecule has 0 aliphatic rings. The summed E-state index contributed by atoms with van der Waals surface area (Å²) < 4.78 is 39.1. The Hall–Kier alpha value is -3.73. The summed E-state index contributed by atoms with van der Waals surface area (Å²) in [5.41, 5.74) is 1.99. The van der Waals surface area contributed by atoms with Crippen LogP contribution in [0.2, 0.25) is 0 Å². The van der Waals surface area contributed by atoms with E-state index in [1.54, 1.807) is 30.8 Å². The number of para-hydroxylation sites is 1. The number of rotatable bonds is 5. The van der Waals surface area contributed by atoms with Crippen molar-refractivity contribution in [2.75, 3.05) is 11.9 Å². The van der Waals surface area contributed by atoms with Crippen LogP contribution in [0.25, 0.3) is 21.6 Å². The minimum Gasteiger partial charge on any atom is -0.343 e. The van der Waals surface area contributed by atoms with Crippen molar-refractivity contribution in [3.8, 4) is 10.6 Å². The lowest BCUT2D eigenvalue weighted by molar-refractivity contribution is -0.123. The summed E-state index contributed by atoms with van der Waals surface area (Å²) in [5.74, 6) is -1.48. The first-order valence-corrected chi connectivity index (χ1v) is 10.7. The topological polar surface area (TPSA) is 88.9 Å². The lowest BCUT2D eigenvalue weighted by Gasteiger charge is -2.13. The van der Waals surface area contributed by atoms with Gasteiger partial charge in [0.05, 0.1) is 38.5 Å². The van der Waals surface area contributed by atoms with Gasteiger partial charge in [-0.2, -0.15) is 18.3 Å². The Bertz CT molecular complexity index is 1350. The number of aromatic nitrogens is 3. The van der Waals surface area contributed by atoms with Crippen molar-refractivity contribution in [2.24, 2.45) is 7.05 Å². The number of alkyl halides is 3. The Morgan fingerprint density at radius 1 is 1.09 bits per heavy atom. The molecule has 3 heterocycles. The van der Waals surface area contributed by atoms with Crippen molar-refractivity contribution >= 4 is 39.9 Å². The number of carbonyl (C=O) groups is 2. The van der Waals surface area contributed by atoms with E-state index in [-0.39, 0.29) is 11.3 Å². The van der Waals surface area contributed by atoms with Gasteiger partial charge in [0.25, 0.3) is 11.8 Å². The minimum absolute atomic E-state index is 0.0817. The highest BCUT2D eigenvalue weighted by Gasteiger charge is 2.28. The monoisotopic (exact) mass is 473 g/mol. The molecular weight excluding hydrogens is 455 g/mol. The third-order valence-electron chi connectivity index (χ3n) is 4.86. The van der Waals surface area contributed by atoms with Crippen LogP contribution in [0.1, 0.15) is 26.4 Å². The van der Waals surface area contributed by atoms with Gasteiger partial charge in [-0.05, 0) is 36.6 Å². The molecule has 0 unspecified atom stereocenters. The molecule has 1 aromatic carbocycles. The number of carbonyl (C=O) groups excluding carboxylic acids is 2. The summed E-state index contributed by atoms with van der Waals surface area (Å²) in [6.07, 6.45) is -4.55. The van der Waals surface area contributed by atoms with Gasteiger partial charge in [0.2, 0.25) is 0 Å². The van der Waals surface area contributed by atoms with Gasteiger partial charge >= 0.3 is 6.18 Å². The molecule has 2 amide bonds. The van der Waals surface area contributed by atoms with Crippen molar-refractivity contribution in [3.05, 3.63) is 64.7 Å². The normalized spacial score (nSPS) is 11.5. The van der Waals surface area contributed by atoms with E-state index >= 15 is 0 Å². The van der Waals surface area contributed by atoms with Crippen molar-refractivity contribution in [2.45, 2.75) is 13.1 Å². The van der Waals surface area contributed by atoms with Crippen LogP contribution in [0.4, 0.5) is 18.9 Å². The lowest BCUT2D eigenvalue weighted by atomic mass is 10.1. The van der Waals surface area contributed by atoms with Crippen LogP contribution in [0, 0.1) is 6.92 Å². The number of hydrogen-bond acceptors (Lipinski definition) is 5. The number of fused-ring (bicyclic) bond motifs is 1. The Morgan fingerprint density at radius 3 is 2.55 bits per heavy atom. The van der Waals surface area contributed by atoms with Crippen LogP contribution in [-0.2, 0) is 7.05 Å². The van der Waals surface area contributed by atoms with Crippen LogP contribution in [0.3, 0.4) is 0 Å². The second-order valence-corrected chi connectivity index (χ2v) is 8.19. The number of halogens is 3. The SMILES string of the molecule is Cc1nn(C)c2nc(-c3cccs3)cc(C(=O)Nc3ccccc3C(=O)NCC(F)(F)F)c12. The smallest absolute Gasteiger partial charge is 0.343 e. The molecule has 3 aromatic heterocycles. The molecule has 0 spiro atoms. The summed E-state index contributed by atoms with van der Waals surface area (Å²) >= 11 is 1.47. The Kier molecular flexibility index (Phi) is 5.90. The van der Waals surface area contributed by atoms with E-state index in [9.17, 15) is 22.8 Å². The fourth-order valence-electron chi connectivity index (χ4n) is 3.43. The van der Waals surface area contributed by atoms with Crippen molar-refractivity contribution in [3.63, 3.8) is 0 Å². The summed E-state index contributed by atoms with van der Waals surface area (Å²) in [5, 5.41) is 11.3.